The second-order valence-corrected chi connectivity index (χ2v) is 7.67. The fourth-order valence-corrected chi connectivity index (χ4v) is 4.05. The number of aryl methyl sites for hydroxylation is 1. The number of nitrogens with one attached hydrogen (secondary N) is 1. The number of hydrogen-bond donors (Lipinski definition) is 1. The fourth-order valence-electron chi connectivity index (χ4n) is 4.05. The second-order valence-electron chi connectivity index (χ2n) is 7.67. The van der Waals surface area contributed by atoms with Crippen molar-refractivity contribution in [3.8, 4) is 0 Å². The first kappa shape index (κ1) is 19.4. The number of aromatic nitrogens is 3. The van der Waals surface area contributed by atoms with Gasteiger partial charge in [0.15, 0.2) is 11.6 Å². The summed E-state index contributed by atoms with van der Waals surface area (Å²) >= 11 is 0. The van der Waals surface area contributed by atoms with E-state index in [1.807, 2.05) is 24.4 Å². The Kier molecular flexibility index (Phi) is 6.39. The van der Waals surface area contributed by atoms with E-state index in [-0.39, 0.29) is 0 Å². The van der Waals surface area contributed by atoms with Gasteiger partial charge in [0.1, 0.15) is 5.82 Å². The van der Waals surface area contributed by atoms with Crippen molar-refractivity contribution in [3.63, 3.8) is 0 Å². The van der Waals surface area contributed by atoms with Crippen LogP contribution in [-0.2, 0) is 12.8 Å². The Morgan fingerprint density at radius 2 is 2.00 bits per heavy atom. The van der Waals surface area contributed by atoms with Crippen molar-refractivity contribution in [1.29, 1.82) is 0 Å². The van der Waals surface area contributed by atoms with Crippen molar-refractivity contribution in [2.75, 3.05) is 26.2 Å². The van der Waals surface area contributed by atoms with Crippen LogP contribution in [0.1, 0.15) is 31.2 Å². The normalized spacial score (nSPS) is 17.2. The largest absolute Gasteiger partial charge is 0.357 e. The third-order valence-corrected chi connectivity index (χ3v) is 5.49. The minimum absolute atomic E-state index is 0.698. The molecule has 1 atom stereocenters. The number of hydrogen-bond acceptors (Lipinski definition) is 3. The molecule has 0 amide bonds. The van der Waals surface area contributed by atoms with Gasteiger partial charge in [-0.05, 0) is 49.8 Å². The lowest BCUT2D eigenvalue weighted by atomic mass is 9.99. The predicted octanol–water partition coefficient (Wildman–Crippen LogP) is 3.19. The van der Waals surface area contributed by atoms with E-state index >= 15 is 0 Å². The number of benzene rings is 1. The van der Waals surface area contributed by atoms with Gasteiger partial charge in [0.05, 0.1) is 0 Å². The maximum absolute atomic E-state index is 4.89. The van der Waals surface area contributed by atoms with Crippen LogP contribution in [0, 0.1) is 5.92 Å². The maximum atomic E-state index is 4.89. The molecule has 0 aliphatic carbocycles. The lowest BCUT2D eigenvalue weighted by Gasteiger charge is -2.21. The smallest absolute Gasteiger partial charge is 0.193 e. The summed E-state index contributed by atoms with van der Waals surface area (Å²) in [6, 6.07) is 16.8. The number of rotatable bonds is 7. The van der Waals surface area contributed by atoms with Crippen LogP contribution >= 0.6 is 0 Å². The minimum atomic E-state index is 0.698. The number of aliphatic imine (C=N–C) groups is 1. The molecular weight excluding hydrogens is 360 g/mol. The zero-order valence-electron chi connectivity index (χ0n) is 17.2. The molecule has 1 N–H and O–H groups in total. The van der Waals surface area contributed by atoms with E-state index in [9.17, 15) is 0 Å². The zero-order valence-corrected chi connectivity index (χ0v) is 17.2. The van der Waals surface area contributed by atoms with Gasteiger partial charge >= 0.3 is 0 Å². The van der Waals surface area contributed by atoms with E-state index in [1.165, 1.54) is 12.0 Å². The molecule has 6 heteroatoms. The van der Waals surface area contributed by atoms with Crippen molar-refractivity contribution < 1.29 is 0 Å². The molecule has 4 rings (SSSR count). The lowest BCUT2D eigenvalue weighted by molar-refractivity contribution is 0.459. The first-order valence-electron chi connectivity index (χ1n) is 10.7. The third-order valence-electron chi connectivity index (χ3n) is 5.49. The van der Waals surface area contributed by atoms with E-state index in [0.29, 0.717) is 5.92 Å². The molecule has 6 nitrogen and oxygen atoms in total. The molecule has 0 radical (unpaired) electrons. The Bertz CT molecular complexity index is 933. The average Bonchev–Trinajstić information content (AvgIpc) is 3.38. The molecule has 0 saturated carbocycles. The summed E-state index contributed by atoms with van der Waals surface area (Å²) in [4.78, 5) is 7.31. The quantitative estimate of drug-likeness (QED) is 0.382. The number of likely N-dealkylation sites (tertiary alicyclic amines) is 1. The standard InChI is InChI=1S/C23H30N6/c1-2-24-23(28-16-13-20(18-28)17-19-9-4-3-5-10-19)25-14-8-12-22-27-26-21-11-6-7-15-29(21)22/h3-7,9-11,15,20H,2,8,12-14,16-18H2,1H3,(H,24,25). The summed E-state index contributed by atoms with van der Waals surface area (Å²) in [6.07, 6.45) is 6.24. The van der Waals surface area contributed by atoms with E-state index in [2.05, 4.69) is 62.1 Å². The molecular formula is C23H30N6. The second kappa shape index (κ2) is 9.54. The molecule has 0 bridgehead atoms. The molecule has 1 saturated heterocycles. The van der Waals surface area contributed by atoms with Gasteiger partial charge in [-0.15, -0.1) is 10.2 Å². The summed E-state index contributed by atoms with van der Waals surface area (Å²) in [5.74, 6) is 2.75. The number of fused-ring (bicyclic) bond motifs is 1. The Morgan fingerprint density at radius 1 is 1.14 bits per heavy atom. The SMILES string of the molecule is CCNC(=NCCCc1nnc2ccccn12)N1CCC(Cc2ccccc2)C1. The minimum Gasteiger partial charge on any atom is -0.357 e. The summed E-state index contributed by atoms with van der Waals surface area (Å²) in [7, 11) is 0. The van der Waals surface area contributed by atoms with Gasteiger partial charge in [-0.25, -0.2) is 0 Å². The first-order valence-corrected chi connectivity index (χ1v) is 10.7. The van der Waals surface area contributed by atoms with Gasteiger partial charge < -0.3 is 10.2 Å². The summed E-state index contributed by atoms with van der Waals surface area (Å²) in [6.45, 7) is 5.99. The maximum Gasteiger partial charge on any atom is 0.193 e. The number of guanidine groups is 1. The Morgan fingerprint density at radius 3 is 2.86 bits per heavy atom. The van der Waals surface area contributed by atoms with Crippen LogP contribution in [0.15, 0.2) is 59.7 Å². The van der Waals surface area contributed by atoms with E-state index in [4.69, 9.17) is 4.99 Å². The summed E-state index contributed by atoms with van der Waals surface area (Å²) in [5, 5.41) is 12.0. The van der Waals surface area contributed by atoms with Crippen LogP contribution in [0.25, 0.3) is 5.65 Å². The molecule has 0 spiro atoms. The predicted molar refractivity (Wildman–Crippen MR) is 117 cm³/mol. The molecule has 2 aromatic heterocycles. The molecule has 1 aromatic carbocycles. The molecule has 3 aromatic rings. The molecule has 1 aliphatic heterocycles. The summed E-state index contributed by atoms with van der Waals surface area (Å²) in [5.41, 5.74) is 2.34. The molecule has 29 heavy (non-hydrogen) atoms. The van der Waals surface area contributed by atoms with E-state index in [1.54, 1.807) is 0 Å². The lowest BCUT2D eigenvalue weighted by Crippen LogP contribution is -2.40. The Labute approximate surface area is 172 Å². The van der Waals surface area contributed by atoms with Crippen molar-refractivity contribution in [2.45, 2.75) is 32.6 Å². The fraction of sp³-hybridized carbons (Fsp3) is 0.435. The van der Waals surface area contributed by atoms with Crippen LogP contribution in [0.3, 0.4) is 0 Å². The highest BCUT2D eigenvalue weighted by molar-refractivity contribution is 5.80. The molecule has 152 valence electrons. The zero-order chi connectivity index (χ0) is 19.9. The van der Waals surface area contributed by atoms with Crippen LogP contribution in [0.5, 0.6) is 0 Å². The Balaban J connectivity index is 1.31. The molecule has 1 fully saturated rings. The third kappa shape index (κ3) is 4.94. The highest BCUT2D eigenvalue weighted by Gasteiger charge is 2.24. The Hall–Kier alpha value is -2.89. The van der Waals surface area contributed by atoms with Gasteiger partial charge in [0, 0.05) is 38.8 Å². The van der Waals surface area contributed by atoms with Gasteiger partial charge in [0.2, 0.25) is 0 Å². The highest BCUT2D eigenvalue weighted by Crippen LogP contribution is 2.21. The monoisotopic (exact) mass is 390 g/mol. The van der Waals surface area contributed by atoms with Crippen LogP contribution < -0.4 is 5.32 Å². The van der Waals surface area contributed by atoms with Gasteiger partial charge in [-0.2, -0.15) is 0 Å². The van der Waals surface area contributed by atoms with Gasteiger partial charge in [-0.1, -0.05) is 36.4 Å². The van der Waals surface area contributed by atoms with Gasteiger partial charge in [-0.3, -0.25) is 9.39 Å². The van der Waals surface area contributed by atoms with Crippen molar-refractivity contribution in [3.05, 3.63) is 66.1 Å². The number of nitrogens with zero attached hydrogens (tertiary/aromatic N) is 5. The average molecular weight is 391 g/mol. The van der Waals surface area contributed by atoms with Gasteiger partial charge in [0.25, 0.3) is 0 Å². The first-order chi connectivity index (χ1) is 14.3. The van der Waals surface area contributed by atoms with E-state index < -0.39 is 0 Å². The van der Waals surface area contributed by atoms with Crippen LogP contribution in [0.4, 0.5) is 0 Å². The molecule has 3 heterocycles. The number of pyridine rings is 1. The van der Waals surface area contributed by atoms with Crippen LogP contribution in [0.2, 0.25) is 0 Å². The topological polar surface area (TPSA) is 57.8 Å². The summed E-state index contributed by atoms with van der Waals surface area (Å²) < 4.78 is 2.06. The van der Waals surface area contributed by atoms with E-state index in [0.717, 1.165) is 62.9 Å². The van der Waals surface area contributed by atoms with Crippen molar-refractivity contribution >= 4 is 11.6 Å². The van der Waals surface area contributed by atoms with Crippen LogP contribution in [-0.4, -0.2) is 51.6 Å². The van der Waals surface area contributed by atoms with Crippen molar-refractivity contribution in [1.82, 2.24) is 24.8 Å². The molecule has 1 unspecified atom stereocenters. The highest BCUT2D eigenvalue weighted by atomic mass is 15.3. The molecule has 1 aliphatic rings. The van der Waals surface area contributed by atoms with Crippen molar-refractivity contribution in [2.24, 2.45) is 10.9 Å².